The maximum atomic E-state index is 13.5. The van der Waals surface area contributed by atoms with Gasteiger partial charge in [-0.3, -0.25) is 4.79 Å². The van der Waals surface area contributed by atoms with Gasteiger partial charge in [0.1, 0.15) is 17.2 Å². The Morgan fingerprint density at radius 3 is 2.21 bits per heavy atom. The molecule has 0 saturated heterocycles. The van der Waals surface area contributed by atoms with Crippen LogP contribution in [-0.2, 0) is 16.1 Å². The summed E-state index contributed by atoms with van der Waals surface area (Å²) < 4.78 is 31.8. The van der Waals surface area contributed by atoms with Gasteiger partial charge in [-0.05, 0) is 24.6 Å². The number of benzene rings is 2. The van der Waals surface area contributed by atoms with Crippen molar-refractivity contribution in [3.63, 3.8) is 0 Å². The van der Waals surface area contributed by atoms with Gasteiger partial charge in [0.15, 0.2) is 6.61 Å². The number of halogens is 2. The number of amides is 1. The molecule has 0 aliphatic carbocycles. The monoisotopic (exact) mass is 333 g/mol. The van der Waals surface area contributed by atoms with Crippen LogP contribution in [0.3, 0.4) is 0 Å². The quantitative estimate of drug-likeness (QED) is 0.763. The molecule has 0 radical (unpaired) electrons. The number of likely N-dealkylation sites (N-methyl/N-ethyl adjacent to an activating group) is 1. The zero-order valence-corrected chi connectivity index (χ0v) is 13.2. The van der Waals surface area contributed by atoms with Crippen LogP contribution in [0.15, 0.2) is 48.5 Å². The summed E-state index contributed by atoms with van der Waals surface area (Å²) >= 11 is 0. The number of nitrogens with zero attached hydrogens (tertiary/aromatic N) is 1. The van der Waals surface area contributed by atoms with Gasteiger partial charge in [-0.25, -0.2) is 13.6 Å². The molecule has 6 heteroatoms. The lowest BCUT2D eigenvalue weighted by Crippen LogP contribution is -2.34. The maximum absolute atomic E-state index is 13.5. The van der Waals surface area contributed by atoms with Crippen molar-refractivity contribution < 1.29 is 23.1 Å². The van der Waals surface area contributed by atoms with Crippen molar-refractivity contribution in [2.24, 2.45) is 0 Å². The minimum atomic E-state index is -1.20. The van der Waals surface area contributed by atoms with Crippen LogP contribution in [0, 0.1) is 11.6 Å². The second-order valence-corrected chi connectivity index (χ2v) is 5.07. The molecule has 2 aromatic carbocycles. The van der Waals surface area contributed by atoms with Gasteiger partial charge in [-0.2, -0.15) is 0 Å². The largest absolute Gasteiger partial charge is 0.452 e. The third kappa shape index (κ3) is 4.38. The minimum Gasteiger partial charge on any atom is -0.452 e. The summed E-state index contributed by atoms with van der Waals surface area (Å²) in [7, 11) is 0. The summed E-state index contributed by atoms with van der Waals surface area (Å²) in [5.74, 6) is -3.69. The normalized spacial score (nSPS) is 10.3. The van der Waals surface area contributed by atoms with E-state index < -0.39 is 35.7 Å². The Hall–Kier alpha value is -2.76. The standard InChI is InChI=1S/C18H17F2NO3/c1-2-21(11-13-7-4-3-5-8-13)16(22)12-24-18(23)17-14(19)9-6-10-15(17)20/h3-10H,2,11-12H2,1H3. The lowest BCUT2D eigenvalue weighted by molar-refractivity contribution is -0.135. The van der Waals surface area contributed by atoms with Crippen LogP contribution >= 0.6 is 0 Å². The molecule has 24 heavy (non-hydrogen) atoms. The summed E-state index contributed by atoms with van der Waals surface area (Å²) in [4.78, 5) is 25.4. The van der Waals surface area contributed by atoms with Crippen molar-refractivity contribution >= 4 is 11.9 Å². The number of hydrogen-bond donors (Lipinski definition) is 0. The maximum Gasteiger partial charge on any atom is 0.344 e. The van der Waals surface area contributed by atoms with E-state index in [4.69, 9.17) is 4.74 Å². The Labute approximate surface area is 138 Å². The van der Waals surface area contributed by atoms with Crippen molar-refractivity contribution in [2.75, 3.05) is 13.2 Å². The molecule has 0 bridgehead atoms. The molecule has 0 unspecified atom stereocenters. The van der Waals surface area contributed by atoms with Crippen molar-refractivity contribution in [3.8, 4) is 0 Å². The van der Waals surface area contributed by atoms with E-state index in [1.807, 2.05) is 30.3 Å². The highest BCUT2D eigenvalue weighted by Gasteiger charge is 2.21. The number of esters is 1. The average Bonchev–Trinajstić information content (AvgIpc) is 2.58. The highest BCUT2D eigenvalue weighted by Crippen LogP contribution is 2.13. The van der Waals surface area contributed by atoms with Crippen LogP contribution in [0.4, 0.5) is 8.78 Å². The minimum absolute atomic E-state index is 0.363. The summed E-state index contributed by atoms with van der Waals surface area (Å²) in [5, 5.41) is 0. The van der Waals surface area contributed by atoms with Crippen LogP contribution in [-0.4, -0.2) is 29.9 Å². The number of rotatable bonds is 6. The topological polar surface area (TPSA) is 46.6 Å². The lowest BCUT2D eigenvalue weighted by atomic mass is 10.2. The van der Waals surface area contributed by atoms with Gasteiger partial charge in [0, 0.05) is 13.1 Å². The van der Waals surface area contributed by atoms with E-state index in [1.165, 1.54) is 4.90 Å². The summed E-state index contributed by atoms with van der Waals surface area (Å²) in [5.41, 5.74) is 0.135. The van der Waals surface area contributed by atoms with Gasteiger partial charge in [0.2, 0.25) is 0 Å². The highest BCUT2D eigenvalue weighted by atomic mass is 19.1. The zero-order valence-electron chi connectivity index (χ0n) is 13.2. The van der Waals surface area contributed by atoms with Crippen molar-refractivity contribution in [2.45, 2.75) is 13.5 Å². The third-order valence-corrected chi connectivity index (χ3v) is 3.44. The first kappa shape index (κ1) is 17.6. The number of ether oxygens (including phenoxy) is 1. The molecule has 0 aliphatic heterocycles. The molecule has 4 nitrogen and oxygen atoms in total. The van der Waals surface area contributed by atoms with Crippen LogP contribution in [0.2, 0.25) is 0 Å². The van der Waals surface area contributed by atoms with E-state index in [2.05, 4.69) is 0 Å². The lowest BCUT2D eigenvalue weighted by Gasteiger charge is -2.20. The summed E-state index contributed by atoms with van der Waals surface area (Å²) in [6.45, 7) is 1.99. The fourth-order valence-electron chi connectivity index (χ4n) is 2.16. The van der Waals surface area contributed by atoms with Crippen LogP contribution in [0.1, 0.15) is 22.8 Å². The molecule has 2 aromatic rings. The fraction of sp³-hybridized carbons (Fsp3) is 0.222. The summed E-state index contributed by atoms with van der Waals surface area (Å²) in [6, 6.07) is 12.4. The third-order valence-electron chi connectivity index (χ3n) is 3.44. The number of carbonyl (C=O) groups excluding carboxylic acids is 2. The molecule has 0 fully saturated rings. The molecule has 0 spiro atoms. The molecule has 0 saturated carbocycles. The fourth-order valence-corrected chi connectivity index (χ4v) is 2.16. The van der Waals surface area contributed by atoms with E-state index >= 15 is 0 Å². The van der Waals surface area contributed by atoms with Gasteiger partial charge < -0.3 is 9.64 Å². The smallest absolute Gasteiger partial charge is 0.344 e. The molecule has 0 N–H and O–H groups in total. The Balaban J connectivity index is 1.97. The van der Waals surface area contributed by atoms with Crippen LogP contribution < -0.4 is 0 Å². The Bertz CT molecular complexity index is 699. The van der Waals surface area contributed by atoms with Crippen molar-refractivity contribution in [3.05, 3.63) is 71.3 Å². The highest BCUT2D eigenvalue weighted by molar-refractivity contribution is 5.91. The predicted molar refractivity (Wildman–Crippen MR) is 84.2 cm³/mol. The van der Waals surface area contributed by atoms with Crippen LogP contribution in [0.5, 0.6) is 0 Å². The SMILES string of the molecule is CCN(Cc1ccccc1)C(=O)COC(=O)c1c(F)cccc1F. The van der Waals surface area contributed by atoms with E-state index in [0.29, 0.717) is 13.1 Å². The first-order valence-electron chi connectivity index (χ1n) is 7.45. The molecule has 0 heterocycles. The second kappa shape index (κ2) is 8.19. The molecule has 0 aromatic heterocycles. The molecule has 0 atom stereocenters. The van der Waals surface area contributed by atoms with E-state index in [9.17, 15) is 18.4 Å². The summed E-state index contributed by atoms with van der Waals surface area (Å²) in [6.07, 6.45) is 0. The van der Waals surface area contributed by atoms with Crippen LogP contribution in [0.25, 0.3) is 0 Å². The van der Waals surface area contributed by atoms with Gasteiger partial charge in [-0.1, -0.05) is 36.4 Å². The first-order chi connectivity index (χ1) is 11.5. The molecular weight excluding hydrogens is 316 g/mol. The number of hydrogen-bond acceptors (Lipinski definition) is 3. The Morgan fingerprint density at radius 1 is 1.00 bits per heavy atom. The van der Waals surface area contributed by atoms with Gasteiger partial charge in [0.05, 0.1) is 0 Å². The molecular formula is C18H17F2NO3. The molecule has 1 amide bonds. The zero-order chi connectivity index (χ0) is 17.5. The van der Waals surface area contributed by atoms with Gasteiger partial charge in [0.25, 0.3) is 5.91 Å². The van der Waals surface area contributed by atoms with Crippen molar-refractivity contribution in [1.29, 1.82) is 0 Å². The predicted octanol–water partition coefficient (Wildman–Crippen LogP) is 3.17. The van der Waals surface area contributed by atoms with Crippen molar-refractivity contribution in [1.82, 2.24) is 4.90 Å². The molecule has 126 valence electrons. The van der Waals surface area contributed by atoms with E-state index in [1.54, 1.807) is 6.92 Å². The Morgan fingerprint density at radius 2 is 1.62 bits per heavy atom. The molecule has 0 aliphatic rings. The molecule has 2 rings (SSSR count). The van der Waals surface area contributed by atoms with Gasteiger partial charge >= 0.3 is 5.97 Å². The Kier molecular flexibility index (Phi) is 6.01. The average molecular weight is 333 g/mol. The van der Waals surface area contributed by atoms with E-state index in [-0.39, 0.29) is 0 Å². The van der Waals surface area contributed by atoms with Gasteiger partial charge in [-0.15, -0.1) is 0 Å². The second-order valence-electron chi connectivity index (χ2n) is 5.07. The van der Waals surface area contributed by atoms with E-state index in [0.717, 1.165) is 23.8 Å². The number of carbonyl (C=O) groups is 2. The first-order valence-corrected chi connectivity index (χ1v) is 7.45.